The molecule has 90 valence electrons. The summed E-state index contributed by atoms with van der Waals surface area (Å²) in [7, 11) is 0. The fraction of sp³-hybridized carbons (Fsp3) is 0.818. The van der Waals surface area contributed by atoms with Gasteiger partial charge in [-0.1, -0.05) is 26.1 Å². The number of hydroxylamine groups is 1. The number of hydrogen-bond acceptors (Lipinski definition) is 5. The van der Waals surface area contributed by atoms with Gasteiger partial charge < -0.3 is 5.73 Å². The van der Waals surface area contributed by atoms with Gasteiger partial charge in [-0.25, -0.2) is 9.83 Å². The fourth-order valence-corrected chi connectivity index (χ4v) is 3.27. The van der Waals surface area contributed by atoms with Gasteiger partial charge in [-0.05, 0) is 30.2 Å². The number of nitrogens with zero attached hydrogens (tertiary/aromatic N) is 1. The van der Waals surface area contributed by atoms with Crippen molar-refractivity contribution in [3.63, 3.8) is 0 Å². The van der Waals surface area contributed by atoms with E-state index in [1.54, 1.807) is 0 Å². The van der Waals surface area contributed by atoms with E-state index in [1.165, 1.54) is 5.37 Å². The van der Waals surface area contributed by atoms with Crippen LogP contribution < -0.4 is 11.2 Å². The standard InChI is InChI=1S/C11H19N3OS/c1-10(2)5-11(6-10,7-12)3-8-13-9(4-16)15-14-8/h4,9H,3,5-7,12H2,1-2H3,(H,13,14). The zero-order valence-electron chi connectivity index (χ0n) is 9.82. The average molecular weight is 241 g/mol. The second-order valence-electron chi connectivity index (χ2n) is 5.72. The summed E-state index contributed by atoms with van der Waals surface area (Å²) in [5, 5.41) is 1.51. The maximum Gasteiger partial charge on any atom is 0.205 e. The molecule has 1 atom stereocenters. The van der Waals surface area contributed by atoms with Crippen molar-refractivity contribution in [2.24, 2.45) is 21.6 Å². The Kier molecular flexibility index (Phi) is 3.03. The Balaban J connectivity index is 1.97. The number of amidine groups is 1. The minimum Gasteiger partial charge on any atom is -0.330 e. The highest BCUT2D eigenvalue weighted by Gasteiger charge is 2.49. The van der Waals surface area contributed by atoms with Crippen molar-refractivity contribution >= 4 is 23.4 Å². The fourth-order valence-electron chi connectivity index (χ4n) is 3.15. The molecule has 0 spiro atoms. The molecule has 1 heterocycles. The first-order valence-corrected chi connectivity index (χ1v) is 6.10. The van der Waals surface area contributed by atoms with Crippen molar-refractivity contribution in [1.29, 1.82) is 0 Å². The summed E-state index contributed by atoms with van der Waals surface area (Å²) in [4.78, 5) is 9.51. The minimum absolute atomic E-state index is 0.203. The van der Waals surface area contributed by atoms with E-state index in [9.17, 15) is 0 Å². The number of rotatable bonds is 4. The number of nitrogens with one attached hydrogen (secondary N) is 1. The molecule has 0 radical (unpaired) electrons. The van der Waals surface area contributed by atoms with Gasteiger partial charge in [0.05, 0.1) is 0 Å². The summed E-state index contributed by atoms with van der Waals surface area (Å²) in [6.07, 6.45) is 2.86. The molecule has 0 amide bonds. The molecular formula is C11H19N3OS. The Morgan fingerprint density at radius 2 is 2.31 bits per heavy atom. The molecule has 1 saturated carbocycles. The molecular weight excluding hydrogens is 222 g/mol. The lowest BCUT2D eigenvalue weighted by molar-refractivity contribution is -0.00149. The van der Waals surface area contributed by atoms with E-state index in [0.717, 1.165) is 25.1 Å². The van der Waals surface area contributed by atoms with Gasteiger partial charge in [0.2, 0.25) is 6.23 Å². The molecule has 3 N–H and O–H groups in total. The van der Waals surface area contributed by atoms with Crippen LogP contribution in [0.3, 0.4) is 0 Å². The molecule has 0 aromatic rings. The van der Waals surface area contributed by atoms with Crippen molar-refractivity contribution in [2.75, 3.05) is 6.54 Å². The maximum absolute atomic E-state index is 5.88. The summed E-state index contributed by atoms with van der Waals surface area (Å²) >= 11 is 4.79. The van der Waals surface area contributed by atoms with Gasteiger partial charge in [0.1, 0.15) is 5.84 Å². The molecule has 2 rings (SSSR count). The van der Waals surface area contributed by atoms with E-state index in [1.807, 2.05) is 0 Å². The molecule has 0 aromatic carbocycles. The van der Waals surface area contributed by atoms with Crippen LogP contribution in [0.4, 0.5) is 0 Å². The summed E-state index contributed by atoms with van der Waals surface area (Å²) in [6, 6.07) is 0. The Morgan fingerprint density at radius 3 is 2.75 bits per heavy atom. The molecule has 2 aliphatic rings. The monoisotopic (exact) mass is 241 g/mol. The van der Waals surface area contributed by atoms with Crippen LogP contribution in [0.15, 0.2) is 4.99 Å². The molecule has 1 aliphatic carbocycles. The maximum atomic E-state index is 5.88. The Morgan fingerprint density at radius 1 is 1.62 bits per heavy atom. The lowest BCUT2D eigenvalue weighted by Gasteiger charge is -2.53. The van der Waals surface area contributed by atoms with Gasteiger partial charge in [-0.15, -0.1) is 0 Å². The number of thiocarbonyl (C=S) groups is 1. The van der Waals surface area contributed by atoms with E-state index < -0.39 is 0 Å². The largest absolute Gasteiger partial charge is 0.330 e. The Bertz CT molecular complexity index is 319. The summed E-state index contributed by atoms with van der Waals surface area (Å²) in [6.45, 7) is 5.27. The van der Waals surface area contributed by atoms with Crippen LogP contribution in [0.2, 0.25) is 0 Å². The van der Waals surface area contributed by atoms with Crippen molar-refractivity contribution in [1.82, 2.24) is 5.48 Å². The average Bonchev–Trinajstić information content (AvgIpc) is 2.62. The molecule has 1 fully saturated rings. The van der Waals surface area contributed by atoms with Crippen LogP contribution in [-0.2, 0) is 4.84 Å². The first-order valence-electron chi connectivity index (χ1n) is 5.62. The van der Waals surface area contributed by atoms with Crippen molar-refractivity contribution < 1.29 is 4.84 Å². The lowest BCUT2D eigenvalue weighted by atomic mass is 9.53. The number of aliphatic imine (C=N–C) groups is 1. The van der Waals surface area contributed by atoms with E-state index in [-0.39, 0.29) is 11.6 Å². The number of nitrogens with two attached hydrogens (primary N) is 1. The van der Waals surface area contributed by atoms with Gasteiger partial charge >= 0.3 is 0 Å². The first kappa shape index (κ1) is 12.0. The van der Waals surface area contributed by atoms with E-state index in [4.69, 9.17) is 22.8 Å². The quantitative estimate of drug-likeness (QED) is 0.730. The molecule has 1 unspecified atom stereocenters. The minimum atomic E-state index is -0.312. The van der Waals surface area contributed by atoms with E-state index in [0.29, 0.717) is 12.0 Å². The first-order chi connectivity index (χ1) is 7.49. The summed E-state index contributed by atoms with van der Waals surface area (Å²) < 4.78 is 0. The predicted octanol–water partition coefficient (Wildman–Crippen LogP) is 1.40. The van der Waals surface area contributed by atoms with Crippen molar-refractivity contribution in [3.8, 4) is 0 Å². The van der Waals surface area contributed by atoms with Gasteiger partial charge in [0, 0.05) is 11.8 Å². The Labute approximate surface area is 102 Å². The zero-order chi connectivity index (χ0) is 11.8. The van der Waals surface area contributed by atoms with Gasteiger partial charge in [0.15, 0.2) is 0 Å². The molecule has 16 heavy (non-hydrogen) atoms. The predicted molar refractivity (Wildman–Crippen MR) is 68.2 cm³/mol. The second-order valence-corrected chi connectivity index (χ2v) is 5.99. The normalized spacial score (nSPS) is 30.2. The van der Waals surface area contributed by atoms with Gasteiger partial charge in [-0.3, -0.25) is 5.48 Å². The highest BCUT2D eigenvalue weighted by Crippen LogP contribution is 2.55. The van der Waals surface area contributed by atoms with E-state index in [2.05, 4.69) is 24.3 Å². The highest BCUT2D eigenvalue weighted by molar-refractivity contribution is 7.79. The summed E-state index contributed by atoms with van der Waals surface area (Å²) in [5.41, 5.74) is 9.35. The lowest BCUT2D eigenvalue weighted by Crippen LogP contribution is -2.49. The van der Waals surface area contributed by atoms with Crippen LogP contribution in [-0.4, -0.2) is 24.0 Å². The molecule has 0 bridgehead atoms. The molecule has 1 aliphatic heterocycles. The van der Waals surface area contributed by atoms with Crippen LogP contribution in [0.5, 0.6) is 0 Å². The van der Waals surface area contributed by atoms with E-state index >= 15 is 0 Å². The topological polar surface area (TPSA) is 59.6 Å². The van der Waals surface area contributed by atoms with Crippen LogP contribution >= 0.6 is 12.2 Å². The van der Waals surface area contributed by atoms with Crippen molar-refractivity contribution in [2.45, 2.75) is 39.3 Å². The smallest absolute Gasteiger partial charge is 0.205 e. The third kappa shape index (κ3) is 2.26. The third-order valence-electron chi connectivity index (χ3n) is 3.38. The van der Waals surface area contributed by atoms with Gasteiger partial charge in [0.25, 0.3) is 0 Å². The molecule has 0 aromatic heterocycles. The van der Waals surface area contributed by atoms with Crippen LogP contribution in [0.25, 0.3) is 0 Å². The third-order valence-corrected chi connectivity index (χ3v) is 3.61. The zero-order valence-corrected chi connectivity index (χ0v) is 10.6. The van der Waals surface area contributed by atoms with Gasteiger partial charge in [-0.2, -0.15) is 0 Å². The van der Waals surface area contributed by atoms with Crippen LogP contribution in [0.1, 0.15) is 33.1 Å². The molecule has 4 nitrogen and oxygen atoms in total. The molecule has 5 heteroatoms. The Hall–Kier alpha value is -0.520. The van der Waals surface area contributed by atoms with Crippen molar-refractivity contribution in [3.05, 3.63) is 0 Å². The highest BCUT2D eigenvalue weighted by atomic mass is 32.1. The second kappa shape index (κ2) is 4.05. The molecule has 0 saturated heterocycles. The number of hydrogen-bond donors (Lipinski definition) is 2. The summed E-state index contributed by atoms with van der Waals surface area (Å²) in [5.74, 6) is 0.882. The van der Waals surface area contributed by atoms with Crippen LogP contribution in [0, 0.1) is 10.8 Å². The SMILES string of the molecule is CC1(C)CC(CN)(CC2=NC(C=S)ON2)C1.